The quantitative estimate of drug-likeness (QED) is 0.537. The maximum atomic E-state index is 12.5. The number of hydrogen-bond donors (Lipinski definition) is 3. The summed E-state index contributed by atoms with van der Waals surface area (Å²) < 4.78 is 11.0. The lowest BCUT2D eigenvalue weighted by molar-refractivity contribution is 0.0312. The van der Waals surface area contributed by atoms with Crippen LogP contribution in [-0.2, 0) is 11.3 Å². The number of ether oxygens (including phenoxy) is 1. The smallest absolute Gasteiger partial charge is 0.293 e. The summed E-state index contributed by atoms with van der Waals surface area (Å²) in [5.41, 5.74) is 6.98. The zero-order chi connectivity index (χ0) is 20.2. The lowest BCUT2D eigenvalue weighted by Crippen LogP contribution is -2.35. The molecule has 0 aliphatic carbocycles. The largest absolute Gasteiger partial charge is 0.455 e. The Labute approximate surface area is 171 Å². The third kappa shape index (κ3) is 4.53. The molecule has 0 saturated carbocycles. The van der Waals surface area contributed by atoms with E-state index in [9.17, 15) is 4.79 Å². The SMILES string of the molecule is N=C(c1ccccc1)c1sc(NC(=O)c2ccc(CN3CCOCC3)o2)nc1N. The molecule has 0 spiro atoms. The summed E-state index contributed by atoms with van der Waals surface area (Å²) in [4.78, 5) is 19.4. The van der Waals surface area contributed by atoms with Gasteiger partial charge in [-0.15, -0.1) is 0 Å². The molecule has 150 valence electrons. The molecule has 1 fully saturated rings. The Hall–Kier alpha value is -3.01. The number of nitrogens with two attached hydrogens (primary N) is 1. The fourth-order valence-corrected chi connectivity index (χ4v) is 3.87. The van der Waals surface area contributed by atoms with Gasteiger partial charge in [-0.1, -0.05) is 41.7 Å². The van der Waals surface area contributed by atoms with Crippen molar-refractivity contribution in [3.63, 3.8) is 0 Å². The van der Waals surface area contributed by atoms with Crippen molar-refractivity contribution in [1.29, 1.82) is 5.41 Å². The second-order valence-corrected chi connectivity index (χ2v) is 7.58. The highest BCUT2D eigenvalue weighted by molar-refractivity contribution is 7.18. The number of hydrogen-bond acceptors (Lipinski definition) is 8. The topological polar surface area (TPSA) is 117 Å². The number of benzene rings is 1. The summed E-state index contributed by atoms with van der Waals surface area (Å²) in [5, 5.41) is 11.4. The number of rotatable bonds is 6. The molecule has 4 N–H and O–H groups in total. The van der Waals surface area contributed by atoms with E-state index in [1.54, 1.807) is 12.1 Å². The lowest BCUT2D eigenvalue weighted by Gasteiger charge is -2.25. The normalized spacial score (nSPS) is 14.6. The molecule has 2 aromatic heterocycles. The molecule has 1 aliphatic heterocycles. The summed E-state index contributed by atoms with van der Waals surface area (Å²) in [5.74, 6) is 0.750. The third-order valence-electron chi connectivity index (χ3n) is 4.53. The number of thiazole rings is 1. The van der Waals surface area contributed by atoms with Gasteiger partial charge in [0.05, 0.1) is 30.3 Å². The Balaban J connectivity index is 1.42. The van der Waals surface area contributed by atoms with Crippen LogP contribution in [0.15, 0.2) is 46.9 Å². The number of carbonyl (C=O) groups excluding carboxylic acids is 1. The van der Waals surface area contributed by atoms with Crippen LogP contribution in [0.4, 0.5) is 10.9 Å². The first-order valence-corrected chi connectivity index (χ1v) is 10.0. The number of nitrogens with one attached hydrogen (secondary N) is 2. The Kier molecular flexibility index (Phi) is 5.70. The van der Waals surface area contributed by atoms with Crippen molar-refractivity contribution in [1.82, 2.24) is 9.88 Å². The Bertz CT molecular complexity index is 1010. The minimum Gasteiger partial charge on any atom is -0.455 e. The Morgan fingerprint density at radius 1 is 1.21 bits per heavy atom. The summed E-state index contributed by atoms with van der Waals surface area (Å²) >= 11 is 1.16. The standard InChI is InChI=1S/C20H21N5O3S/c21-16(13-4-2-1-3-5-13)17-18(22)23-20(29-17)24-19(26)15-7-6-14(28-15)12-25-8-10-27-11-9-25/h1-7,21H,8-12,22H2,(H,23,24,26). The molecule has 8 nitrogen and oxygen atoms in total. The molecular weight excluding hydrogens is 390 g/mol. The molecular formula is C20H21N5O3S. The van der Waals surface area contributed by atoms with Gasteiger partial charge in [0.25, 0.3) is 5.91 Å². The van der Waals surface area contributed by atoms with Crippen LogP contribution in [-0.4, -0.2) is 47.8 Å². The number of carbonyl (C=O) groups is 1. The van der Waals surface area contributed by atoms with Crippen molar-refractivity contribution in [2.75, 3.05) is 37.4 Å². The molecule has 0 radical (unpaired) electrons. The van der Waals surface area contributed by atoms with Gasteiger partial charge in [0.2, 0.25) is 0 Å². The van der Waals surface area contributed by atoms with Crippen molar-refractivity contribution in [3.05, 3.63) is 64.4 Å². The first-order valence-electron chi connectivity index (χ1n) is 9.21. The average molecular weight is 411 g/mol. The second kappa shape index (κ2) is 8.56. The number of furan rings is 1. The highest BCUT2D eigenvalue weighted by atomic mass is 32.1. The van der Waals surface area contributed by atoms with Gasteiger partial charge in [0.15, 0.2) is 10.9 Å². The molecule has 1 amide bonds. The van der Waals surface area contributed by atoms with Gasteiger partial charge in [-0.05, 0) is 12.1 Å². The number of morpholine rings is 1. The molecule has 0 atom stereocenters. The van der Waals surface area contributed by atoms with Crippen molar-refractivity contribution in [2.45, 2.75) is 6.54 Å². The van der Waals surface area contributed by atoms with Crippen LogP contribution < -0.4 is 11.1 Å². The minimum absolute atomic E-state index is 0.210. The van der Waals surface area contributed by atoms with Crippen LogP contribution >= 0.6 is 11.3 Å². The van der Waals surface area contributed by atoms with Crippen LogP contribution in [0.2, 0.25) is 0 Å². The van der Waals surface area contributed by atoms with E-state index >= 15 is 0 Å². The van der Waals surface area contributed by atoms with E-state index in [0.717, 1.165) is 35.7 Å². The van der Waals surface area contributed by atoms with E-state index in [2.05, 4.69) is 15.2 Å². The molecule has 0 bridgehead atoms. The van der Waals surface area contributed by atoms with E-state index in [1.807, 2.05) is 30.3 Å². The Morgan fingerprint density at radius 2 is 1.97 bits per heavy atom. The maximum Gasteiger partial charge on any atom is 0.293 e. The number of aromatic nitrogens is 1. The third-order valence-corrected chi connectivity index (χ3v) is 5.54. The summed E-state index contributed by atoms with van der Waals surface area (Å²) in [6.45, 7) is 3.74. The minimum atomic E-state index is -0.398. The predicted octanol–water partition coefficient (Wildman–Crippen LogP) is 2.82. The van der Waals surface area contributed by atoms with Gasteiger partial charge >= 0.3 is 0 Å². The molecule has 1 aromatic carbocycles. The van der Waals surface area contributed by atoms with E-state index in [4.69, 9.17) is 20.3 Å². The molecule has 0 unspecified atom stereocenters. The van der Waals surface area contributed by atoms with Crippen LogP contribution in [0, 0.1) is 5.41 Å². The van der Waals surface area contributed by atoms with Crippen molar-refractivity contribution in [3.8, 4) is 0 Å². The van der Waals surface area contributed by atoms with Gasteiger partial charge < -0.3 is 14.9 Å². The number of amides is 1. The molecule has 1 saturated heterocycles. The highest BCUT2D eigenvalue weighted by Crippen LogP contribution is 2.28. The van der Waals surface area contributed by atoms with Gasteiger partial charge in [-0.2, -0.15) is 0 Å². The van der Waals surface area contributed by atoms with Gasteiger partial charge in [0.1, 0.15) is 11.6 Å². The molecule has 3 aromatic rings. The zero-order valence-corrected chi connectivity index (χ0v) is 16.5. The monoisotopic (exact) mass is 411 g/mol. The predicted molar refractivity (Wildman–Crippen MR) is 112 cm³/mol. The molecule has 3 heterocycles. The number of nitrogen functional groups attached to an aromatic ring is 1. The molecule has 9 heteroatoms. The van der Waals surface area contributed by atoms with Crippen molar-refractivity contribution < 1.29 is 13.9 Å². The Morgan fingerprint density at radius 3 is 2.72 bits per heavy atom. The van der Waals surface area contributed by atoms with E-state index in [0.29, 0.717) is 29.8 Å². The van der Waals surface area contributed by atoms with Crippen LogP contribution in [0.25, 0.3) is 0 Å². The molecule has 29 heavy (non-hydrogen) atoms. The first-order chi connectivity index (χ1) is 14.1. The fraction of sp³-hybridized carbons (Fsp3) is 0.250. The van der Waals surface area contributed by atoms with Gasteiger partial charge in [0, 0.05) is 18.7 Å². The molecule has 1 aliphatic rings. The van der Waals surface area contributed by atoms with Gasteiger partial charge in [-0.25, -0.2) is 4.98 Å². The second-order valence-electron chi connectivity index (χ2n) is 6.58. The van der Waals surface area contributed by atoms with Crippen LogP contribution in [0.5, 0.6) is 0 Å². The van der Waals surface area contributed by atoms with Crippen LogP contribution in [0.3, 0.4) is 0 Å². The zero-order valence-electron chi connectivity index (χ0n) is 15.7. The van der Waals surface area contributed by atoms with Crippen molar-refractivity contribution in [2.24, 2.45) is 0 Å². The fourth-order valence-electron chi connectivity index (χ4n) is 3.02. The number of anilines is 2. The number of nitrogens with zero attached hydrogens (tertiary/aromatic N) is 2. The summed E-state index contributed by atoms with van der Waals surface area (Å²) in [6.07, 6.45) is 0. The average Bonchev–Trinajstić information content (AvgIpc) is 3.35. The maximum absolute atomic E-state index is 12.5. The van der Waals surface area contributed by atoms with E-state index in [1.165, 1.54) is 0 Å². The highest BCUT2D eigenvalue weighted by Gasteiger charge is 2.19. The van der Waals surface area contributed by atoms with E-state index in [-0.39, 0.29) is 17.3 Å². The lowest BCUT2D eigenvalue weighted by atomic mass is 10.1. The molecule has 4 rings (SSSR count). The van der Waals surface area contributed by atoms with Crippen LogP contribution in [0.1, 0.15) is 26.8 Å². The van der Waals surface area contributed by atoms with E-state index < -0.39 is 5.91 Å². The first kappa shape index (κ1) is 19.3. The van der Waals surface area contributed by atoms with Crippen molar-refractivity contribution >= 4 is 33.9 Å². The summed E-state index contributed by atoms with van der Waals surface area (Å²) in [7, 11) is 0. The van der Waals surface area contributed by atoms with Gasteiger partial charge in [-0.3, -0.25) is 20.4 Å². The summed E-state index contributed by atoms with van der Waals surface area (Å²) in [6, 6.07) is 12.7.